The van der Waals surface area contributed by atoms with Crippen molar-refractivity contribution in [2.24, 2.45) is 0 Å². The van der Waals surface area contributed by atoms with Gasteiger partial charge < -0.3 is 0 Å². The minimum atomic E-state index is 1.25. The maximum absolute atomic E-state index is 2.22. The molecule has 0 aliphatic carbocycles. The van der Waals surface area contributed by atoms with E-state index in [-0.39, 0.29) is 0 Å². The van der Waals surface area contributed by atoms with Crippen LogP contribution < -0.4 is 0 Å². The molecule has 0 aliphatic heterocycles. The van der Waals surface area contributed by atoms with Gasteiger partial charge in [0.05, 0.1) is 0 Å². The third-order valence-corrected chi connectivity index (χ3v) is 4.57. The summed E-state index contributed by atoms with van der Waals surface area (Å²) in [5.74, 6) is 0. The van der Waals surface area contributed by atoms with Crippen LogP contribution in [0.4, 0.5) is 0 Å². The van der Waals surface area contributed by atoms with Gasteiger partial charge >= 0.3 is 0 Å². The van der Waals surface area contributed by atoms with Crippen LogP contribution in [-0.4, -0.2) is 0 Å². The highest BCUT2D eigenvalue weighted by molar-refractivity contribution is 5.94. The van der Waals surface area contributed by atoms with Crippen LogP contribution in [0.1, 0.15) is 5.56 Å². The molecule has 4 aromatic rings. The molecular weight excluding hydrogens is 300 g/mol. The van der Waals surface area contributed by atoms with Crippen LogP contribution in [0.3, 0.4) is 0 Å². The minimum absolute atomic E-state index is 1.25. The van der Waals surface area contributed by atoms with E-state index in [4.69, 9.17) is 0 Å². The summed E-state index contributed by atoms with van der Waals surface area (Å²) in [6, 6.07) is 36.7. The van der Waals surface area contributed by atoms with Crippen molar-refractivity contribution >= 4 is 0 Å². The molecule has 25 heavy (non-hydrogen) atoms. The summed E-state index contributed by atoms with van der Waals surface area (Å²) in [5, 5.41) is 0. The normalized spacial score (nSPS) is 10.6. The summed E-state index contributed by atoms with van der Waals surface area (Å²) in [4.78, 5) is 0. The smallest absolute Gasteiger partial charge is 0.00268 e. The molecule has 0 heteroatoms. The Hall–Kier alpha value is -3.12. The van der Waals surface area contributed by atoms with E-state index in [1.54, 1.807) is 0 Å². The van der Waals surface area contributed by atoms with Crippen molar-refractivity contribution < 1.29 is 0 Å². The Morgan fingerprint density at radius 3 is 1.44 bits per heavy atom. The minimum Gasteiger partial charge on any atom is -0.0622 e. The average Bonchev–Trinajstić information content (AvgIpc) is 2.69. The molecule has 0 saturated carbocycles. The molecule has 0 nitrogen and oxygen atoms in total. The van der Waals surface area contributed by atoms with Gasteiger partial charge in [-0.05, 0) is 40.3 Å². The van der Waals surface area contributed by atoms with E-state index < -0.39 is 0 Å². The van der Waals surface area contributed by atoms with Crippen LogP contribution in [0.5, 0.6) is 0 Å². The predicted molar refractivity (Wildman–Crippen MR) is 107 cm³/mol. The summed E-state index contributed by atoms with van der Waals surface area (Å²) < 4.78 is 0. The monoisotopic (exact) mass is 320 g/mol. The fourth-order valence-corrected chi connectivity index (χ4v) is 3.30. The van der Waals surface area contributed by atoms with E-state index in [1.165, 1.54) is 38.9 Å². The van der Waals surface area contributed by atoms with E-state index in [0.29, 0.717) is 0 Å². The Labute approximate surface area is 149 Å². The maximum Gasteiger partial charge on any atom is -0.00268 e. The first-order chi connectivity index (χ1) is 12.3. The van der Waals surface area contributed by atoms with Crippen molar-refractivity contribution in [1.82, 2.24) is 0 Å². The number of aryl methyl sites for hydroxylation is 1. The van der Waals surface area contributed by atoms with Crippen LogP contribution in [0, 0.1) is 6.92 Å². The second kappa shape index (κ2) is 6.78. The van der Waals surface area contributed by atoms with Crippen LogP contribution in [0.2, 0.25) is 0 Å². The SMILES string of the molecule is Cc1ccc(-c2cccc(-c3ccccc3)c2-c2ccccc2)cc1. The van der Waals surface area contributed by atoms with Gasteiger partial charge in [0, 0.05) is 0 Å². The Bertz CT molecular complexity index is 965. The molecule has 0 atom stereocenters. The standard InChI is InChI=1S/C25H20/c1-19-15-17-21(18-16-19)24-14-8-13-23(20-9-4-2-5-10-20)25(24)22-11-6-3-7-12-22/h2-18H,1H3. The molecule has 4 aromatic carbocycles. The molecule has 0 aliphatic rings. The quantitative estimate of drug-likeness (QED) is 0.381. The largest absolute Gasteiger partial charge is 0.0622 e. The predicted octanol–water partition coefficient (Wildman–Crippen LogP) is 7.00. The lowest BCUT2D eigenvalue weighted by atomic mass is 9.87. The number of hydrogen-bond acceptors (Lipinski definition) is 0. The Balaban J connectivity index is 2.00. The van der Waals surface area contributed by atoms with Gasteiger partial charge in [0.2, 0.25) is 0 Å². The molecule has 0 aromatic heterocycles. The first kappa shape index (κ1) is 15.4. The average molecular weight is 320 g/mol. The molecule has 0 unspecified atom stereocenters. The molecule has 120 valence electrons. The van der Waals surface area contributed by atoms with Gasteiger partial charge in [-0.3, -0.25) is 0 Å². The number of hydrogen-bond donors (Lipinski definition) is 0. The highest BCUT2D eigenvalue weighted by Crippen LogP contribution is 2.39. The fraction of sp³-hybridized carbons (Fsp3) is 0.0400. The van der Waals surface area contributed by atoms with Gasteiger partial charge in [0.15, 0.2) is 0 Å². The first-order valence-corrected chi connectivity index (χ1v) is 8.64. The van der Waals surface area contributed by atoms with Crippen LogP contribution in [0.25, 0.3) is 33.4 Å². The topological polar surface area (TPSA) is 0 Å². The molecular formula is C25H20. The van der Waals surface area contributed by atoms with E-state index in [1.807, 2.05) is 0 Å². The van der Waals surface area contributed by atoms with Crippen molar-refractivity contribution in [3.63, 3.8) is 0 Å². The molecule has 0 heterocycles. The van der Waals surface area contributed by atoms with Crippen LogP contribution in [0.15, 0.2) is 103 Å². The zero-order valence-corrected chi connectivity index (χ0v) is 14.3. The molecule has 0 N–H and O–H groups in total. The van der Waals surface area contributed by atoms with E-state index in [2.05, 4.69) is 110 Å². The second-order valence-corrected chi connectivity index (χ2v) is 6.33. The lowest BCUT2D eigenvalue weighted by molar-refractivity contribution is 1.47. The highest BCUT2D eigenvalue weighted by atomic mass is 14.2. The van der Waals surface area contributed by atoms with Gasteiger partial charge in [-0.25, -0.2) is 0 Å². The van der Waals surface area contributed by atoms with Crippen LogP contribution >= 0.6 is 0 Å². The van der Waals surface area contributed by atoms with Crippen molar-refractivity contribution in [3.8, 4) is 33.4 Å². The van der Waals surface area contributed by atoms with Crippen molar-refractivity contribution in [1.29, 1.82) is 0 Å². The lowest BCUT2D eigenvalue weighted by Gasteiger charge is -2.16. The van der Waals surface area contributed by atoms with E-state index in [9.17, 15) is 0 Å². The Morgan fingerprint density at radius 2 is 0.880 bits per heavy atom. The summed E-state index contributed by atoms with van der Waals surface area (Å²) in [6.07, 6.45) is 0. The highest BCUT2D eigenvalue weighted by Gasteiger charge is 2.13. The van der Waals surface area contributed by atoms with Gasteiger partial charge in [-0.1, -0.05) is 109 Å². The molecule has 0 spiro atoms. The molecule has 0 saturated heterocycles. The van der Waals surface area contributed by atoms with E-state index in [0.717, 1.165) is 0 Å². The zero-order chi connectivity index (χ0) is 17.1. The molecule has 0 radical (unpaired) electrons. The van der Waals surface area contributed by atoms with E-state index >= 15 is 0 Å². The first-order valence-electron chi connectivity index (χ1n) is 8.64. The van der Waals surface area contributed by atoms with Gasteiger partial charge in [0.25, 0.3) is 0 Å². The zero-order valence-electron chi connectivity index (χ0n) is 14.3. The summed E-state index contributed by atoms with van der Waals surface area (Å²) in [7, 11) is 0. The van der Waals surface area contributed by atoms with Crippen molar-refractivity contribution in [2.75, 3.05) is 0 Å². The van der Waals surface area contributed by atoms with Gasteiger partial charge in [-0.2, -0.15) is 0 Å². The molecule has 0 amide bonds. The van der Waals surface area contributed by atoms with Crippen LogP contribution in [-0.2, 0) is 0 Å². The Morgan fingerprint density at radius 1 is 0.400 bits per heavy atom. The van der Waals surface area contributed by atoms with Gasteiger partial charge in [0.1, 0.15) is 0 Å². The summed E-state index contributed by atoms with van der Waals surface area (Å²) in [5.41, 5.74) is 8.86. The van der Waals surface area contributed by atoms with Crippen molar-refractivity contribution in [3.05, 3.63) is 109 Å². The second-order valence-electron chi connectivity index (χ2n) is 6.33. The number of benzene rings is 4. The van der Waals surface area contributed by atoms with Gasteiger partial charge in [-0.15, -0.1) is 0 Å². The molecule has 4 rings (SSSR count). The van der Waals surface area contributed by atoms with Crippen molar-refractivity contribution in [2.45, 2.75) is 6.92 Å². The summed E-state index contributed by atoms with van der Waals surface area (Å²) in [6.45, 7) is 2.13. The molecule has 0 fully saturated rings. The fourth-order valence-electron chi connectivity index (χ4n) is 3.30. The third-order valence-electron chi connectivity index (χ3n) is 4.57. The molecule has 0 bridgehead atoms. The Kier molecular flexibility index (Phi) is 4.18. The summed E-state index contributed by atoms with van der Waals surface area (Å²) >= 11 is 0. The third kappa shape index (κ3) is 3.12. The lowest BCUT2D eigenvalue weighted by Crippen LogP contribution is -1.90. The number of rotatable bonds is 3. The maximum atomic E-state index is 2.22.